The SMILES string of the molecule is C[C@H]1[C@H](O)[C@@H](O)[C@@H](O)[C@@H]2NC(=O)c3c(cc4c(c3O)OCO4)[C@@H]12. The second-order valence-electron chi connectivity index (χ2n) is 6.28. The largest absolute Gasteiger partial charge is 0.504 e. The lowest BCUT2D eigenvalue weighted by molar-refractivity contribution is -0.127. The molecule has 0 radical (unpaired) electrons. The summed E-state index contributed by atoms with van der Waals surface area (Å²) >= 11 is 0. The van der Waals surface area contributed by atoms with Crippen molar-refractivity contribution in [1.82, 2.24) is 5.32 Å². The number of ether oxygens (including phenoxy) is 2. The third kappa shape index (κ3) is 1.79. The third-order valence-electron chi connectivity index (χ3n) is 5.11. The van der Waals surface area contributed by atoms with Crippen LogP contribution in [0.3, 0.4) is 0 Å². The molecule has 1 amide bonds. The van der Waals surface area contributed by atoms with Gasteiger partial charge in [0.05, 0.1) is 17.7 Å². The van der Waals surface area contributed by atoms with Crippen LogP contribution >= 0.6 is 0 Å². The maximum atomic E-state index is 12.4. The molecule has 0 saturated heterocycles. The maximum Gasteiger partial charge on any atom is 0.255 e. The normalized spacial score (nSPS) is 37.8. The Labute approximate surface area is 131 Å². The number of phenolic OH excluding ortho intramolecular Hbond substituents is 1. The van der Waals surface area contributed by atoms with Crippen LogP contribution in [0, 0.1) is 5.92 Å². The van der Waals surface area contributed by atoms with Crippen LogP contribution in [-0.4, -0.2) is 57.5 Å². The Morgan fingerprint density at radius 1 is 1.17 bits per heavy atom. The summed E-state index contributed by atoms with van der Waals surface area (Å²) in [7, 11) is 0. The van der Waals surface area contributed by atoms with Gasteiger partial charge in [0.15, 0.2) is 11.5 Å². The average Bonchev–Trinajstić information content (AvgIpc) is 2.99. The number of fused-ring (bicyclic) bond motifs is 4. The van der Waals surface area contributed by atoms with Gasteiger partial charge >= 0.3 is 0 Å². The van der Waals surface area contributed by atoms with Gasteiger partial charge in [-0.25, -0.2) is 0 Å². The highest BCUT2D eigenvalue weighted by atomic mass is 16.7. The van der Waals surface area contributed by atoms with Gasteiger partial charge in [0.2, 0.25) is 12.5 Å². The molecule has 1 aromatic rings. The standard InChI is InChI=1S/C15H17NO7/c1-4-7-5-2-6-14(23-3-22-6)11(18)8(5)15(21)16-9(7)12(19)13(20)10(4)17/h2,4,7,9-10,12-13,17-20H,3H2,1H3,(H,16,21)/t4-,7-,9-,10+,12+,13-/m1/s1. The van der Waals surface area contributed by atoms with Crippen molar-refractivity contribution < 1.29 is 34.7 Å². The molecule has 1 aromatic carbocycles. The van der Waals surface area contributed by atoms with Gasteiger partial charge in [-0.2, -0.15) is 0 Å². The summed E-state index contributed by atoms with van der Waals surface area (Å²) in [4.78, 5) is 12.4. The van der Waals surface area contributed by atoms with E-state index in [2.05, 4.69) is 5.32 Å². The molecule has 0 spiro atoms. The zero-order chi connectivity index (χ0) is 16.5. The van der Waals surface area contributed by atoms with Gasteiger partial charge in [0.1, 0.15) is 12.2 Å². The number of amides is 1. The molecule has 1 saturated carbocycles. The molecule has 5 N–H and O–H groups in total. The number of benzene rings is 1. The first kappa shape index (κ1) is 14.6. The van der Waals surface area contributed by atoms with Gasteiger partial charge in [0.25, 0.3) is 5.91 Å². The Bertz CT molecular complexity index is 691. The van der Waals surface area contributed by atoms with Gasteiger partial charge in [-0.3, -0.25) is 4.79 Å². The van der Waals surface area contributed by atoms with Crippen LogP contribution in [0.15, 0.2) is 6.07 Å². The molecule has 8 nitrogen and oxygen atoms in total. The molecule has 23 heavy (non-hydrogen) atoms. The molecule has 2 heterocycles. The van der Waals surface area contributed by atoms with Crippen molar-refractivity contribution >= 4 is 5.91 Å². The minimum Gasteiger partial charge on any atom is -0.504 e. The smallest absolute Gasteiger partial charge is 0.255 e. The molecule has 1 fully saturated rings. The fourth-order valence-corrected chi connectivity index (χ4v) is 3.90. The maximum absolute atomic E-state index is 12.4. The Morgan fingerprint density at radius 2 is 1.91 bits per heavy atom. The van der Waals surface area contributed by atoms with E-state index in [-0.39, 0.29) is 23.9 Å². The molecule has 6 atom stereocenters. The lowest BCUT2D eigenvalue weighted by Crippen LogP contribution is -2.64. The highest BCUT2D eigenvalue weighted by Crippen LogP contribution is 2.51. The molecule has 0 unspecified atom stereocenters. The molecule has 0 bridgehead atoms. The van der Waals surface area contributed by atoms with E-state index in [1.807, 2.05) is 0 Å². The number of hydrogen-bond acceptors (Lipinski definition) is 7. The number of aromatic hydroxyl groups is 1. The molecule has 4 rings (SSSR count). The number of aliphatic hydroxyl groups is 3. The van der Waals surface area contributed by atoms with Crippen molar-refractivity contribution in [3.63, 3.8) is 0 Å². The van der Waals surface area contributed by atoms with Gasteiger partial charge in [0, 0.05) is 5.92 Å². The summed E-state index contributed by atoms with van der Waals surface area (Å²) in [5.41, 5.74) is 0.524. The molecular weight excluding hydrogens is 306 g/mol. The molecule has 124 valence electrons. The number of aliphatic hydroxyl groups excluding tert-OH is 3. The average molecular weight is 323 g/mol. The van der Waals surface area contributed by atoms with E-state index in [0.717, 1.165) is 0 Å². The monoisotopic (exact) mass is 323 g/mol. The first-order valence-corrected chi connectivity index (χ1v) is 7.42. The fraction of sp³-hybridized carbons (Fsp3) is 0.533. The lowest BCUT2D eigenvalue weighted by Gasteiger charge is -2.48. The molecular formula is C15H17NO7. The summed E-state index contributed by atoms with van der Waals surface area (Å²) in [6.07, 6.45) is -3.81. The summed E-state index contributed by atoms with van der Waals surface area (Å²) in [5.74, 6) is -1.37. The van der Waals surface area contributed by atoms with E-state index in [9.17, 15) is 25.2 Å². The van der Waals surface area contributed by atoms with E-state index in [1.54, 1.807) is 13.0 Å². The Morgan fingerprint density at radius 3 is 2.65 bits per heavy atom. The summed E-state index contributed by atoms with van der Waals surface area (Å²) in [5, 5.41) is 43.3. The van der Waals surface area contributed by atoms with E-state index in [0.29, 0.717) is 11.3 Å². The molecule has 3 aliphatic rings. The first-order chi connectivity index (χ1) is 10.9. The van der Waals surface area contributed by atoms with Crippen LogP contribution in [0.4, 0.5) is 0 Å². The number of phenols is 1. The van der Waals surface area contributed by atoms with Crippen molar-refractivity contribution in [1.29, 1.82) is 0 Å². The molecule has 1 aliphatic carbocycles. The van der Waals surface area contributed by atoms with Crippen LogP contribution in [0.1, 0.15) is 28.8 Å². The zero-order valence-electron chi connectivity index (χ0n) is 12.3. The quantitative estimate of drug-likeness (QED) is 0.416. The van der Waals surface area contributed by atoms with Gasteiger partial charge in [-0.1, -0.05) is 6.92 Å². The van der Waals surface area contributed by atoms with E-state index in [4.69, 9.17) is 9.47 Å². The van der Waals surface area contributed by atoms with Crippen molar-refractivity contribution in [3.8, 4) is 17.2 Å². The second-order valence-corrected chi connectivity index (χ2v) is 6.28. The molecule has 0 aromatic heterocycles. The Kier molecular flexibility index (Phi) is 2.99. The molecule has 2 aliphatic heterocycles. The van der Waals surface area contributed by atoms with E-state index in [1.165, 1.54) is 0 Å². The Balaban J connectivity index is 1.91. The van der Waals surface area contributed by atoms with Crippen LogP contribution in [0.25, 0.3) is 0 Å². The van der Waals surface area contributed by atoms with Crippen LogP contribution in [-0.2, 0) is 0 Å². The minimum absolute atomic E-state index is 0.0538. The van der Waals surface area contributed by atoms with E-state index >= 15 is 0 Å². The predicted octanol–water partition coefficient (Wildman–Crippen LogP) is -0.951. The van der Waals surface area contributed by atoms with E-state index < -0.39 is 42.1 Å². The number of rotatable bonds is 0. The van der Waals surface area contributed by atoms with Crippen LogP contribution < -0.4 is 14.8 Å². The Hall–Kier alpha value is -2.03. The highest BCUT2D eigenvalue weighted by molar-refractivity contribution is 6.01. The predicted molar refractivity (Wildman–Crippen MR) is 75.4 cm³/mol. The summed E-state index contributed by atoms with van der Waals surface area (Å²) in [6.45, 7) is 1.67. The summed E-state index contributed by atoms with van der Waals surface area (Å²) in [6, 6.07) is 0.838. The first-order valence-electron chi connectivity index (χ1n) is 7.42. The van der Waals surface area contributed by atoms with Crippen molar-refractivity contribution in [3.05, 3.63) is 17.2 Å². The second kappa shape index (κ2) is 4.73. The number of carbonyl (C=O) groups is 1. The third-order valence-corrected chi connectivity index (χ3v) is 5.11. The van der Waals surface area contributed by atoms with Crippen molar-refractivity contribution in [2.75, 3.05) is 6.79 Å². The summed E-state index contributed by atoms with van der Waals surface area (Å²) < 4.78 is 10.5. The minimum atomic E-state index is -1.35. The van der Waals surface area contributed by atoms with Gasteiger partial charge < -0.3 is 35.2 Å². The topological polar surface area (TPSA) is 128 Å². The van der Waals surface area contributed by atoms with Crippen molar-refractivity contribution in [2.45, 2.75) is 37.2 Å². The van der Waals surface area contributed by atoms with Crippen molar-refractivity contribution in [2.24, 2.45) is 5.92 Å². The van der Waals surface area contributed by atoms with Gasteiger partial charge in [-0.15, -0.1) is 0 Å². The van der Waals surface area contributed by atoms with Crippen LogP contribution in [0.2, 0.25) is 0 Å². The zero-order valence-corrected chi connectivity index (χ0v) is 12.3. The van der Waals surface area contributed by atoms with Crippen LogP contribution in [0.5, 0.6) is 17.2 Å². The number of nitrogens with one attached hydrogen (secondary N) is 1. The molecule has 8 heteroatoms. The highest BCUT2D eigenvalue weighted by Gasteiger charge is 2.52. The number of hydrogen-bond donors (Lipinski definition) is 5. The fourth-order valence-electron chi connectivity index (χ4n) is 3.90. The number of carbonyl (C=O) groups excluding carboxylic acids is 1. The lowest BCUT2D eigenvalue weighted by atomic mass is 9.66. The van der Waals surface area contributed by atoms with Gasteiger partial charge in [-0.05, 0) is 17.5 Å².